The lowest BCUT2D eigenvalue weighted by Crippen LogP contribution is -2.58. The first-order valence-corrected chi connectivity index (χ1v) is 10.3. The van der Waals surface area contributed by atoms with Gasteiger partial charge in [-0.3, -0.25) is 4.79 Å². The molecule has 2 amide bonds. The normalized spacial score (nSPS) is 32.2. The third-order valence-corrected chi connectivity index (χ3v) is 8.08. The van der Waals surface area contributed by atoms with E-state index in [1.165, 1.54) is 0 Å². The van der Waals surface area contributed by atoms with Crippen molar-refractivity contribution in [3.8, 4) is 0 Å². The van der Waals surface area contributed by atoms with Gasteiger partial charge in [0.2, 0.25) is 0 Å². The molecular weight excluding hydrogens is 332 g/mol. The number of carbonyl (C=O) groups excluding carboxylic acids is 1. The highest BCUT2D eigenvalue weighted by molar-refractivity contribution is 7.92. The maximum atomic E-state index is 12.0. The Balaban J connectivity index is 1.81. The summed E-state index contributed by atoms with van der Waals surface area (Å²) in [5.41, 5.74) is -0.370. The Bertz CT molecular complexity index is 602. The van der Waals surface area contributed by atoms with E-state index in [1.807, 2.05) is 20.8 Å². The number of rotatable bonds is 5. The summed E-state index contributed by atoms with van der Waals surface area (Å²) >= 11 is 0. The van der Waals surface area contributed by atoms with Crippen LogP contribution in [0.3, 0.4) is 0 Å². The predicted octanol–water partition coefficient (Wildman–Crippen LogP) is 1.39. The molecule has 138 valence electrons. The molecule has 1 heterocycles. The Morgan fingerprint density at radius 2 is 1.96 bits per heavy atom. The van der Waals surface area contributed by atoms with Gasteiger partial charge < -0.3 is 15.7 Å². The highest BCUT2D eigenvalue weighted by Crippen LogP contribution is 2.52. The predicted molar refractivity (Wildman–Crippen MR) is 90.4 cm³/mol. The van der Waals surface area contributed by atoms with Gasteiger partial charge in [0.25, 0.3) is 0 Å². The van der Waals surface area contributed by atoms with Crippen molar-refractivity contribution in [3.63, 3.8) is 0 Å². The van der Waals surface area contributed by atoms with E-state index in [1.54, 1.807) is 0 Å². The number of carboxylic acid groups (broad SMARTS) is 1. The van der Waals surface area contributed by atoms with Crippen LogP contribution in [0.2, 0.25) is 0 Å². The van der Waals surface area contributed by atoms with E-state index in [2.05, 4.69) is 10.6 Å². The maximum absolute atomic E-state index is 12.0. The molecule has 1 aliphatic carbocycles. The molecule has 0 aromatic heterocycles. The molecule has 24 heavy (non-hydrogen) atoms. The van der Waals surface area contributed by atoms with Crippen LogP contribution in [-0.2, 0) is 14.6 Å². The number of nitrogens with one attached hydrogen (secondary N) is 2. The Morgan fingerprint density at radius 3 is 2.50 bits per heavy atom. The zero-order chi connectivity index (χ0) is 18.1. The molecule has 1 aliphatic heterocycles. The van der Waals surface area contributed by atoms with Gasteiger partial charge in [-0.1, -0.05) is 20.3 Å². The minimum Gasteiger partial charge on any atom is -0.481 e. The van der Waals surface area contributed by atoms with Crippen molar-refractivity contribution in [2.24, 2.45) is 17.3 Å². The maximum Gasteiger partial charge on any atom is 0.315 e. The van der Waals surface area contributed by atoms with Crippen LogP contribution in [0.4, 0.5) is 4.79 Å². The number of urea groups is 1. The molecule has 0 radical (unpaired) electrons. The Kier molecular flexibility index (Phi) is 5.47. The van der Waals surface area contributed by atoms with Crippen molar-refractivity contribution in [2.75, 3.05) is 12.3 Å². The van der Waals surface area contributed by atoms with Gasteiger partial charge in [0.05, 0.1) is 16.9 Å². The van der Waals surface area contributed by atoms with E-state index in [0.29, 0.717) is 19.3 Å². The summed E-state index contributed by atoms with van der Waals surface area (Å²) < 4.78 is 23.9. The van der Waals surface area contributed by atoms with Gasteiger partial charge in [-0.05, 0) is 37.5 Å². The minimum atomic E-state index is -3.10. The molecule has 1 saturated carbocycles. The lowest BCUT2D eigenvalue weighted by molar-refractivity contribution is -0.160. The second-order valence-corrected chi connectivity index (χ2v) is 10.1. The van der Waals surface area contributed by atoms with Gasteiger partial charge in [0, 0.05) is 12.6 Å². The molecule has 4 atom stereocenters. The van der Waals surface area contributed by atoms with Gasteiger partial charge in [0.15, 0.2) is 9.84 Å². The van der Waals surface area contributed by atoms with E-state index >= 15 is 0 Å². The topological polar surface area (TPSA) is 113 Å². The quantitative estimate of drug-likeness (QED) is 0.686. The highest BCUT2D eigenvalue weighted by atomic mass is 32.2. The lowest BCUT2D eigenvalue weighted by atomic mass is 9.53. The fourth-order valence-electron chi connectivity index (χ4n) is 4.04. The molecule has 1 saturated heterocycles. The SMILES string of the molecule is CC(NC(=O)NCC1CCCCS1(=O)=O)[C@@H]1C[C@H](C(=O)O)C1(C)C. The van der Waals surface area contributed by atoms with Crippen molar-refractivity contribution in [2.45, 2.75) is 57.7 Å². The van der Waals surface area contributed by atoms with Crippen LogP contribution in [0.1, 0.15) is 46.5 Å². The summed E-state index contributed by atoms with van der Waals surface area (Å²) in [6, 6.07) is -0.559. The average molecular weight is 360 g/mol. The number of carboxylic acids is 1. The van der Waals surface area contributed by atoms with E-state index in [-0.39, 0.29) is 35.6 Å². The van der Waals surface area contributed by atoms with Crippen LogP contribution in [0, 0.1) is 17.3 Å². The van der Waals surface area contributed by atoms with Gasteiger partial charge in [-0.2, -0.15) is 0 Å². The standard InChI is InChI=1S/C16H28N2O5S/c1-10(12-8-13(14(19)20)16(12,2)3)18-15(21)17-9-11-6-4-5-7-24(11,22)23/h10-13H,4-9H2,1-3H3,(H,19,20)(H2,17,18,21)/t10?,11?,12-,13+/m0/s1. The average Bonchev–Trinajstić information content (AvgIpc) is 2.44. The number of carbonyl (C=O) groups is 2. The summed E-state index contributed by atoms with van der Waals surface area (Å²) in [6.45, 7) is 5.81. The minimum absolute atomic E-state index is 0.0859. The van der Waals surface area contributed by atoms with Crippen LogP contribution in [0.25, 0.3) is 0 Å². The number of hydrogen-bond donors (Lipinski definition) is 3. The molecule has 8 heteroatoms. The third-order valence-electron chi connectivity index (χ3n) is 5.81. The number of aliphatic carboxylic acids is 1. The summed E-state index contributed by atoms with van der Waals surface area (Å²) in [5, 5.41) is 14.2. The summed E-state index contributed by atoms with van der Waals surface area (Å²) in [6.07, 6.45) is 2.70. The fraction of sp³-hybridized carbons (Fsp3) is 0.875. The molecule has 0 spiro atoms. The van der Waals surface area contributed by atoms with Gasteiger partial charge in [-0.25, -0.2) is 13.2 Å². The monoisotopic (exact) mass is 360 g/mol. The summed E-state index contributed by atoms with van der Waals surface area (Å²) in [4.78, 5) is 23.2. The molecule has 0 bridgehead atoms. The van der Waals surface area contributed by atoms with Crippen molar-refractivity contribution in [1.82, 2.24) is 10.6 Å². The molecule has 0 aromatic carbocycles. The van der Waals surface area contributed by atoms with E-state index < -0.39 is 27.1 Å². The Hall–Kier alpha value is -1.31. The molecule has 2 rings (SSSR count). The fourth-order valence-corrected chi connectivity index (χ4v) is 5.85. The van der Waals surface area contributed by atoms with E-state index in [0.717, 1.165) is 6.42 Å². The first kappa shape index (κ1) is 19.0. The Morgan fingerprint density at radius 1 is 1.29 bits per heavy atom. The van der Waals surface area contributed by atoms with Crippen LogP contribution in [0.15, 0.2) is 0 Å². The second-order valence-electron chi connectivity index (χ2n) is 7.68. The molecule has 2 aliphatic rings. The Labute approximate surface area is 143 Å². The molecule has 3 N–H and O–H groups in total. The summed E-state index contributed by atoms with van der Waals surface area (Å²) in [7, 11) is -3.10. The van der Waals surface area contributed by atoms with Crippen LogP contribution >= 0.6 is 0 Å². The van der Waals surface area contributed by atoms with Crippen molar-refractivity contribution in [1.29, 1.82) is 0 Å². The van der Waals surface area contributed by atoms with Crippen molar-refractivity contribution in [3.05, 3.63) is 0 Å². The van der Waals surface area contributed by atoms with E-state index in [4.69, 9.17) is 0 Å². The first-order valence-electron chi connectivity index (χ1n) is 8.54. The highest BCUT2D eigenvalue weighted by Gasteiger charge is 2.53. The number of sulfone groups is 1. The zero-order valence-electron chi connectivity index (χ0n) is 14.5. The molecule has 0 aromatic rings. The molecule has 2 fully saturated rings. The second kappa shape index (κ2) is 6.90. The van der Waals surface area contributed by atoms with Crippen molar-refractivity contribution >= 4 is 21.8 Å². The number of amides is 2. The first-order chi connectivity index (χ1) is 11.1. The zero-order valence-corrected chi connectivity index (χ0v) is 15.4. The third kappa shape index (κ3) is 3.84. The van der Waals surface area contributed by atoms with Crippen molar-refractivity contribution < 1.29 is 23.1 Å². The van der Waals surface area contributed by atoms with Crippen LogP contribution in [-0.4, -0.2) is 49.1 Å². The van der Waals surface area contributed by atoms with Gasteiger partial charge in [0.1, 0.15) is 0 Å². The molecular formula is C16H28N2O5S. The summed E-state index contributed by atoms with van der Waals surface area (Å²) in [5.74, 6) is -0.898. The van der Waals surface area contributed by atoms with Crippen LogP contribution < -0.4 is 10.6 Å². The van der Waals surface area contributed by atoms with E-state index in [9.17, 15) is 23.1 Å². The van der Waals surface area contributed by atoms with Crippen LogP contribution in [0.5, 0.6) is 0 Å². The smallest absolute Gasteiger partial charge is 0.315 e. The lowest BCUT2D eigenvalue weighted by Gasteiger charge is -2.52. The number of hydrogen-bond acceptors (Lipinski definition) is 4. The molecule has 7 nitrogen and oxygen atoms in total. The largest absolute Gasteiger partial charge is 0.481 e. The van der Waals surface area contributed by atoms with Gasteiger partial charge in [-0.15, -0.1) is 0 Å². The molecule has 2 unspecified atom stereocenters. The van der Waals surface area contributed by atoms with Gasteiger partial charge >= 0.3 is 12.0 Å².